The normalized spacial score (nSPS) is 21.1. The maximum absolute atomic E-state index is 12.6. The van der Waals surface area contributed by atoms with Gasteiger partial charge in [0.05, 0.1) is 5.92 Å². The maximum atomic E-state index is 12.6. The van der Waals surface area contributed by atoms with Gasteiger partial charge in [0.15, 0.2) is 0 Å². The number of amides is 2. The Balaban J connectivity index is 1.52. The molecule has 27 heavy (non-hydrogen) atoms. The standard InChI is InChI=1S/C22H33N3O2/c1-16(2)22(27)25-14-6-7-17(15-25)21(26)24-20-12-10-19(11-13-20)23-18-8-4-3-5-9-18/h10-13,16-18,23H,3-9,14-15H2,1-2H3,(H,24,26)/t17-/m0/s1. The van der Waals surface area contributed by atoms with Crippen molar-refractivity contribution in [2.24, 2.45) is 11.8 Å². The van der Waals surface area contributed by atoms with Gasteiger partial charge in [-0.05, 0) is 49.9 Å². The van der Waals surface area contributed by atoms with Crippen molar-refractivity contribution in [3.8, 4) is 0 Å². The SMILES string of the molecule is CC(C)C(=O)N1CCC[C@H](C(=O)Nc2ccc(NC3CCCCC3)cc2)C1. The molecule has 0 aromatic heterocycles. The summed E-state index contributed by atoms with van der Waals surface area (Å²) in [5.74, 6) is 0.0207. The van der Waals surface area contributed by atoms with Crippen molar-refractivity contribution in [1.82, 2.24) is 4.90 Å². The molecule has 1 aliphatic carbocycles. The lowest BCUT2D eigenvalue weighted by atomic mass is 9.95. The van der Waals surface area contributed by atoms with Crippen LogP contribution in [-0.4, -0.2) is 35.8 Å². The summed E-state index contributed by atoms with van der Waals surface area (Å²) in [7, 11) is 0. The molecule has 2 amide bonds. The number of hydrogen-bond acceptors (Lipinski definition) is 3. The highest BCUT2D eigenvalue weighted by Crippen LogP contribution is 2.24. The zero-order valence-electron chi connectivity index (χ0n) is 16.7. The van der Waals surface area contributed by atoms with Crippen molar-refractivity contribution in [3.63, 3.8) is 0 Å². The fraction of sp³-hybridized carbons (Fsp3) is 0.636. The molecule has 1 heterocycles. The summed E-state index contributed by atoms with van der Waals surface area (Å²) in [5, 5.41) is 6.62. The summed E-state index contributed by atoms with van der Waals surface area (Å²) in [5.41, 5.74) is 1.94. The maximum Gasteiger partial charge on any atom is 0.229 e. The van der Waals surface area contributed by atoms with Crippen LogP contribution in [0.4, 0.5) is 11.4 Å². The lowest BCUT2D eigenvalue weighted by Crippen LogP contribution is -2.45. The number of hydrogen-bond donors (Lipinski definition) is 2. The minimum absolute atomic E-state index is 0.0176. The molecule has 1 aliphatic heterocycles. The molecule has 0 unspecified atom stereocenters. The van der Waals surface area contributed by atoms with Gasteiger partial charge >= 0.3 is 0 Å². The summed E-state index contributed by atoms with van der Waals surface area (Å²) < 4.78 is 0. The Hall–Kier alpha value is -2.04. The quantitative estimate of drug-likeness (QED) is 0.813. The number of nitrogens with one attached hydrogen (secondary N) is 2. The van der Waals surface area contributed by atoms with Gasteiger partial charge in [-0.2, -0.15) is 0 Å². The van der Waals surface area contributed by atoms with Crippen molar-refractivity contribution >= 4 is 23.2 Å². The third-order valence-corrected chi connectivity index (χ3v) is 5.73. The van der Waals surface area contributed by atoms with Crippen LogP contribution in [-0.2, 0) is 9.59 Å². The van der Waals surface area contributed by atoms with Crippen LogP contribution in [0, 0.1) is 11.8 Å². The fourth-order valence-electron chi connectivity index (χ4n) is 4.13. The minimum atomic E-state index is -0.124. The van der Waals surface area contributed by atoms with Crippen LogP contribution in [0.5, 0.6) is 0 Å². The second kappa shape index (κ2) is 9.25. The average Bonchev–Trinajstić information content (AvgIpc) is 2.69. The lowest BCUT2D eigenvalue weighted by molar-refractivity contribution is -0.137. The molecule has 5 nitrogen and oxygen atoms in total. The molecule has 3 rings (SSSR count). The summed E-state index contributed by atoms with van der Waals surface area (Å²) >= 11 is 0. The van der Waals surface area contributed by atoms with E-state index in [4.69, 9.17) is 0 Å². The van der Waals surface area contributed by atoms with Gasteiger partial charge < -0.3 is 15.5 Å². The fourth-order valence-corrected chi connectivity index (χ4v) is 4.13. The molecule has 2 aliphatic rings. The van der Waals surface area contributed by atoms with E-state index < -0.39 is 0 Å². The van der Waals surface area contributed by atoms with Crippen molar-refractivity contribution < 1.29 is 9.59 Å². The van der Waals surface area contributed by atoms with E-state index in [2.05, 4.69) is 10.6 Å². The van der Waals surface area contributed by atoms with Gasteiger partial charge in [-0.25, -0.2) is 0 Å². The van der Waals surface area contributed by atoms with E-state index >= 15 is 0 Å². The highest BCUT2D eigenvalue weighted by molar-refractivity contribution is 5.93. The number of nitrogens with zero attached hydrogens (tertiary/aromatic N) is 1. The molecule has 2 N–H and O–H groups in total. The molecule has 148 valence electrons. The molecule has 5 heteroatoms. The predicted molar refractivity (Wildman–Crippen MR) is 110 cm³/mol. The van der Waals surface area contributed by atoms with E-state index in [0.717, 1.165) is 30.8 Å². The number of rotatable bonds is 5. The zero-order valence-corrected chi connectivity index (χ0v) is 16.7. The van der Waals surface area contributed by atoms with E-state index in [1.165, 1.54) is 32.1 Å². The monoisotopic (exact) mass is 371 g/mol. The largest absolute Gasteiger partial charge is 0.382 e. The molecule has 1 saturated heterocycles. The number of carbonyl (C=O) groups excluding carboxylic acids is 2. The number of likely N-dealkylation sites (tertiary alicyclic amines) is 1. The highest BCUT2D eigenvalue weighted by Gasteiger charge is 2.29. The van der Waals surface area contributed by atoms with Gasteiger partial charge in [-0.3, -0.25) is 9.59 Å². The van der Waals surface area contributed by atoms with Crippen LogP contribution >= 0.6 is 0 Å². The zero-order chi connectivity index (χ0) is 19.2. The first kappa shape index (κ1) is 19.7. The van der Waals surface area contributed by atoms with E-state index in [9.17, 15) is 9.59 Å². The topological polar surface area (TPSA) is 61.4 Å². The summed E-state index contributed by atoms with van der Waals surface area (Å²) in [6, 6.07) is 8.58. The molecular formula is C22H33N3O2. The van der Waals surface area contributed by atoms with E-state index in [1.807, 2.05) is 43.0 Å². The van der Waals surface area contributed by atoms with Crippen LogP contribution in [0.2, 0.25) is 0 Å². The number of piperidine rings is 1. The first-order valence-corrected chi connectivity index (χ1v) is 10.5. The Morgan fingerprint density at radius 3 is 2.30 bits per heavy atom. The molecule has 2 fully saturated rings. The Morgan fingerprint density at radius 2 is 1.63 bits per heavy atom. The minimum Gasteiger partial charge on any atom is -0.382 e. The molecular weight excluding hydrogens is 338 g/mol. The number of carbonyl (C=O) groups is 2. The lowest BCUT2D eigenvalue weighted by Gasteiger charge is -2.33. The number of anilines is 2. The molecule has 1 atom stereocenters. The summed E-state index contributed by atoms with van der Waals surface area (Å²) in [6.45, 7) is 5.12. The van der Waals surface area contributed by atoms with Gasteiger partial charge in [0, 0.05) is 36.4 Å². The average molecular weight is 372 g/mol. The van der Waals surface area contributed by atoms with Gasteiger partial charge in [0.2, 0.25) is 11.8 Å². The molecule has 1 aromatic carbocycles. The predicted octanol–water partition coefficient (Wildman–Crippen LogP) is 4.26. The summed E-state index contributed by atoms with van der Waals surface area (Å²) in [6.07, 6.45) is 8.19. The Kier molecular flexibility index (Phi) is 6.75. The van der Waals surface area contributed by atoms with Crippen LogP contribution < -0.4 is 10.6 Å². The van der Waals surface area contributed by atoms with E-state index in [1.54, 1.807) is 0 Å². The van der Waals surface area contributed by atoms with Crippen LogP contribution in [0.1, 0.15) is 58.8 Å². The molecule has 0 bridgehead atoms. The second-order valence-electron chi connectivity index (χ2n) is 8.32. The van der Waals surface area contributed by atoms with Crippen molar-refractivity contribution in [1.29, 1.82) is 0 Å². The van der Waals surface area contributed by atoms with Crippen LogP contribution in [0.25, 0.3) is 0 Å². The van der Waals surface area contributed by atoms with Crippen molar-refractivity contribution in [2.75, 3.05) is 23.7 Å². The highest BCUT2D eigenvalue weighted by atomic mass is 16.2. The smallest absolute Gasteiger partial charge is 0.229 e. The third kappa shape index (κ3) is 5.47. The second-order valence-corrected chi connectivity index (χ2v) is 8.32. The number of benzene rings is 1. The van der Waals surface area contributed by atoms with Gasteiger partial charge in [-0.15, -0.1) is 0 Å². The first-order valence-electron chi connectivity index (χ1n) is 10.5. The third-order valence-electron chi connectivity index (χ3n) is 5.73. The Morgan fingerprint density at radius 1 is 0.963 bits per heavy atom. The first-order chi connectivity index (χ1) is 13.0. The molecule has 0 radical (unpaired) electrons. The van der Waals surface area contributed by atoms with E-state index in [0.29, 0.717) is 12.6 Å². The molecule has 1 aromatic rings. The Bertz CT molecular complexity index is 635. The Labute approximate surface area is 162 Å². The van der Waals surface area contributed by atoms with Crippen LogP contribution in [0.3, 0.4) is 0 Å². The van der Waals surface area contributed by atoms with Gasteiger partial charge in [0.25, 0.3) is 0 Å². The summed E-state index contributed by atoms with van der Waals surface area (Å²) in [4.78, 5) is 26.7. The van der Waals surface area contributed by atoms with Gasteiger partial charge in [-0.1, -0.05) is 33.1 Å². The van der Waals surface area contributed by atoms with Crippen LogP contribution in [0.15, 0.2) is 24.3 Å². The molecule has 1 saturated carbocycles. The molecule has 0 spiro atoms. The van der Waals surface area contributed by atoms with Gasteiger partial charge in [0.1, 0.15) is 0 Å². The van der Waals surface area contributed by atoms with E-state index in [-0.39, 0.29) is 23.7 Å². The van der Waals surface area contributed by atoms with Crippen molar-refractivity contribution in [3.05, 3.63) is 24.3 Å². The van der Waals surface area contributed by atoms with Crippen molar-refractivity contribution in [2.45, 2.75) is 64.8 Å².